The molecule has 4 rings (SSSR count). The lowest BCUT2D eigenvalue weighted by atomic mass is 10.2. The van der Waals surface area contributed by atoms with Gasteiger partial charge < -0.3 is 9.40 Å². The van der Waals surface area contributed by atoms with E-state index >= 15 is 0 Å². The lowest BCUT2D eigenvalue weighted by Gasteiger charge is -1.99. The van der Waals surface area contributed by atoms with E-state index in [0.29, 0.717) is 17.7 Å². The number of para-hydroxylation sites is 1. The molecule has 0 aliphatic rings. The predicted molar refractivity (Wildman–Crippen MR) is 82.4 cm³/mol. The molecule has 4 aromatic rings. The van der Waals surface area contributed by atoms with Crippen LogP contribution in [0.4, 0.5) is 0 Å². The second-order valence-corrected chi connectivity index (χ2v) is 4.88. The van der Waals surface area contributed by atoms with Crippen molar-refractivity contribution < 1.29 is 9.21 Å². The van der Waals surface area contributed by atoms with Gasteiger partial charge in [-0.25, -0.2) is 4.98 Å². The number of benzene rings is 1. The Balaban J connectivity index is 1.79. The highest BCUT2D eigenvalue weighted by atomic mass is 16.3. The first-order valence-electron chi connectivity index (χ1n) is 6.79. The third kappa shape index (κ3) is 2.09. The summed E-state index contributed by atoms with van der Waals surface area (Å²) in [6.07, 6.45) is 3.97. The van der Waals surface area contributed by atoms with E-state index in [4.69, 9.17) is 4.42 Å². The Bertz CT molecular complexity index is 936. The quantitative estimate of drug-likeness (QED) is 0.584. The molecule has 0 fully saturated rings. The van der Waals surface area contributed by atoms with Crippen molar-refractivity contribution in [1.29, 1.82) is 0 Å². The van der Waals surface area contributed by atoms with Crippen molar-refractivity contribution in [2.75, 3.05) is 0 Å². The van der Waals surface area contributed by atoms with Crippen LogP contribution in [0.3, 0.4) is 0 Å². The Morgan fingerprint density at radius 3 is 2.73 bits per heavy atom. The molecule has 0 aliphatic heterocycles. The summed E-state index contributed by atoms with van der Waals surface area (Å²) in [5.41, 5.74) is 3.24. The first-order chi connectivity index (χ1) is 10.8. The maximum atomic E-state index is 10.7. The second-order valence-electron chi connectivity index (χ2n) is 4.88. The number of aromatic nitrogens is 3. The van der Waals surface area contributed by atoms with Crippen molar-refractivity contribution in [3.8, 4) is 22.8 Å². The smallest absolute Gasteiger partial charge is 0.185 e. The minimum atomic E-state index is 0.271. The third-order valence-corrected chi connectivity index (χ3v) is 3.44. The van der Waals surface area contributed by atoms with Gasteiger partial charge in [0, 0.05) is 10.9 Å². The molecule has 3 aromatic heterocycles. The van der Waals surface area contributed by atoms with Gasteiger partial charge in [-0.05, 0) is 24.3 Å². The van der Waals surface area contributed by atoms with Gasteiger partial charge in [-0.2, -0.15) is 0 Å². The summed E-state index contributed by atoms with van der Waals surface area (Å²) < 4.78 is 5.39. The van der Waals surface area contributed by atoms with Crippen LogP contribution in [0.5, 0.6) is 0 Å². The van der Waals surface area contributed by atoms with E-state index in [0.717, 1.165) is 22.3 Å². The van der Waals surface area contributed by atoms with Gasteiger partial charge in [0.2, 0.25) is 0 Å². The number of aldehydes is 1. The standard InChI is InChI=1S/C17H11N3O2/c21-10-12-5-6-17(22-12)16-9-18-8-15(20-16)14-7-11-3-1-2-4-13(11)19-14/h1-10,19H. The molecule has 0 spiro atoms. The van der Waals surface area contributed by atoms with E-state index in [2.05, 4.69) is 15.0 Å². The SMILES string of the molecule is O=Cc1ccc(-c2cncc(-c3cc4ccccc4[nH]3)n2)o1. The molecule has 0 saturated carbocycles. The number of rotatable bonds is 3. The van der Waals surface area contributed by atoms with Crippen LogP contribution in [-0.2, 0) is 0 Å². The first kappa shape index (κ1) is 12.5. The summed E-state index contributed by atoms with van der Waals surface area (Å²) in [6.45, 7) is 0. The Morgan fingerprint density at radius 2 is 1.91 bits per heavy atom. The molecule has 0 bridgehead atoms. The number of fused-ring (bicyclic) bond motifs is 1. The van der Waals surface area contributed by atoms with Crippen molar-refractivity contribution in [3.63, 3.8) is 0 Å². The number of H-pyrrole nitrogens is 1. The van der Waals surface area contributed by atoms with E-state index in [1.54, 1.807) is 24.5 Å². The van der Waals surface area contributed by atoms with Crippen LogP contribution >= 0.6 is 0 Å². The zero-order valence-corrected chi connectivity index (χ0v) is 11.5. The molecular weight excluding hydrogens is 278 g/mol. The van der Waals surface area contributed by atoms with Gasteiger partial charge in [-0.15, -0.1) is 0 Å². The highest BCUT2D eigenvalue weighted by molar-refractivity contribution is 5.85. The van der Waals surface area contributed by atoms with Crippen LogP contribution in [0.1, 0.15) is 10.6 Å². The van der Waals surface area contributed by atoms with Crippen LogP contribution < -0.4 is 0 Å². The van der Waals surface area contributed by atoms with Gasteiger partial charge in [-0.1, -0.05) is 18.2 Å². The number of nitrogens with one attached hydrogen (secondary N) is 1. The van der Waals surface area contributed by atoms with Crippen molar-refractivity contribution >= 4 is 17.2 Å². The number of furan rings is 1. The Kier molecular flexibility index (Phi) is 2.83. The lowest BCUT2D eigenvalue weighted by Crippen LogP contribution is -1.89. The number of aromatic amines is 1. The van der Waals surface area contributed by atoms with Crippen LogP contribution in [0.25, 0.3) is 33.7 Å². The van der Waals surface area contributed by atoms with Crippen LogP contribution in [0.15, 0.2) is 59.3 Å². The van der Waals surface area contributed by atoms with Crippen molar-refractivity contribution in [2.24, 2.45) is 0 Å². The van der Waals surface area contributed by atoms with Gasteiger partial charge >= 0.3 is 0 Å². The largest absolute Gasteiger partial charge is 0.452 e. The minimum absolute atomic E-state index is 0.271. The zero-order chi connectivity index (χ0) is 14.9. The maximum Gasteiger partial charge on any atom is 0.185 e. The summed E-state index contributed by atoms with van der Waals surface area (Å²) in [6, 6.07) is 13.4. The first-order valence-corrected chi connectivity index (χ1v) is 6.79. The Hall–Kier alpha value is -3.21. The molecule has 0 radical (unpaired) electrons. The molecule has 3 heterocycles. The van der Waals surface area contributed by atoms with Crippen LogP contribution in [0.2, 0.25) is 0 Å². The number of hydrogen-bond acceptors (Lipinski definition) is 4. The van der Waals surface area contributed by atoms with Crippen molar-refractivity contribution in [1.82, 2.24) is 15.0 Å². The van der Waals surface area contributed by atoms with Crippen LogP contribution in [0, 0.1) is 0 Å². The fraction of sp³-hybridized carbons (Fsp3) is 0. The topological polar surface area (TPSA) is 71.8 Å². The third-order valence-electron chi connectivity index (χ3n) is 3.44. The second kappa shape index (κ2) is 4.96. The van der Waals surface area contributed by atoms with Crippen molar-refractivity contribution in [2.45, 2.75) is 0 Å². The number of carbonyl (C=O) groups excluding carboxylic acids is 1. The van der Waals surface area contributed by atoms with E-state index in [1.165, 1.54) is 0 Å². The minimum Gasteiger partial charge on any atom is -0.452 e. The van der Waals surface area contributed by atoms with Crippen molar-refractivity contribution in [3.05, 3.63) is 60.6 Å². The molecule has 1 N–H and O–H groups in total. The highest BCUT2D eigenvalue weighted by Gasteiger charge is 2.10. The Labute approximate surface area is 125 Å². The molecule has 0 saturated heterocycles. The molecule has 0 unspecified atom stereocenters. The summed E-state index contributed by atoms with van der Waals surface area (Å²) in [5.74, 6) is 0.792. The molecular formula is C17H11N3O2. The summed E-state index contributed by atoms with van der Waals surface area (Å²) in [4.78, 5) is 22.8. The molecule has 1 aromatic carbocycles. The van der Waals surface area contributed by atoms with Gasteiger partial charge in [0.25, 0.3) is 0 Å². The fourth-order valence-corrected chi connectivity index (χ4v) is 2.38. The van der Waals surface area contributed by atoms with E-state index in [1.807, 2.05) is 30.3 Å². The van der Waals surface area contributed by atoms with Gasteiger partial charge in [0.05, 0.1) is 18.1 Å². The average molecular weight is 289 g/mol. The van der Waals surface area contributed by atoms with Crippen LogP contribution in [-0.4, -0.2) is 21.2 Å². The lowest BCUT2D eigenvalue weighted by molar-refractivity contribution is 0.110. The normalized spacial score (nSPS) is 10.9. The fourth-order valence-electron chi connectivity index (χ4n) is 2.38. The molecule has 5 nitrogen and oxygen atoms in total. The molecule has 0 amide bonds. The van der Waals surface area contributed by atoms with Gasteiger partial charge in [-0.3, -0.25) is 9.78 Å². The number of carbonyl (C=O) groups is 1. The zero-order valence-electron chi connectivity index (χ0n) is 11.5. The maximum absolute atomic E-state index is 10.7. The summed E-state index contributed by atoms with van der Waals surface area (Å²) in [7, 11) is 0. The number of hydrogen-bond donors (Lipinski definition) is 1. The monoisotopic (exact) mass is 289 g/mol. The molecule has 106 valence electrons. The van der Waals surface area contributed by atoms with Gasteiger partial charge in [0.1, 0.15) is 11.4 Å². The molecule has 0 aliphatic carbocycles. The highest BCUT2D eigenvalue weighted by Crippen LogP contribution is 2.25. The summed E-state index contributed by atoms with van der Waals surface area (Å²) >= 11 is 0. The van der Waals surface area contributed by atoms with E-state index < -0.39 is 0 Å². The molecule has 0 atom stereocenters. The average Bonchev–Trinajstić information content (AvgIpc) is 3.21. The molecule has 22 heavy (non-hydrogen) atoms. The molecule has 5 heteroatoms. The number of nitrogens with zero attached hydrogens (tertiary/aromatic N) is 2. The Morgan fingerprint density at radius 1 is 1.05 bits per heavy atom. The van der Waals surface area contributed by atoms with Gasteiger partial charge in [0.15, 0.2) is 17.8 Å². The van der Waals surface area contributed by atoms with E-state index in [9.17, 15) is 4.79 Å². The van der Waals surface area contributed by atoms with E-state index in [-0.39, 0.29) is 5.76 Å². The predicted octanol–water partition coefficient (Wildman–Crippen LogP) is 3.70. The summed E-state index contributed by atoms with van der Waals surface area (Å²) in [5, 5.41) is 1.12.